The fourth-order valence-electron chi connectivity index (χ4n) is 3.16. The first-order valence-corrected chi connectivity index (χ1v) is 7.28. The molecule has 0 radical (unpaired) electrons. The van der Waals surface area contributed by atoms with Crippen LogP contribution >= 0.6 is 0 Å². The van der Waals surface area contributed by atoms with Crippen molar-refractivity contribution in [3.05, 3.63) is 0 Å². The van der Waals surface area contributed by atoms with E-state index in [-0.39, 0.29) is 0 Å². The molecular formula is C14H28N2O. The average molecular weight is 240 g/mol. The Hall–Kier alpha value is -0.120. The van der Waals surface area contributed by atoms with Crippen molar-refractivity contribution in [3.8, 4) is 0 Å². The van der Waals surface area contributed by atoms with Crippen molar-refractivity contribution in [2.24, 2.45) is 11.3 Å². The van der Waals surface area contributed by atoms with E-state index < -0.39 is 0 Å². The van der Waals surface area contributed by atoms with Crippen LogP contribution in [0.2, 0.25) is 0 Å². The van der Waals surface area contributed by atoms with Crippen LogP contribution in [0.3, 0.4) is 0 Å². The lowest BCUT2D eigenvalue weighted by molar-refractivity contribution is 0.0630. The quantitative estimate of drug-likeness (QED) is 0.666. The second-order valence-corrected chi connectivity index (χ2v) is 5.91. The normalized spacial score (nSPS) is 24.5. The van der Waals surface area contributed by atoms with Crippen LogP contribution in [0.4, 0.5) is 0 Å². The summed E-state index contributed by atoms with van der Waals surface area (Å²) < 4.78 is 5.39. The van der Waals surface area contributed by atoms with Crippen molar-refractivity contribution in [1.82, 2.24) is 10.6 Å². The summed E-state index contributed by atoms with van der Waals surface area (Å²) in [5.74, 6) is 0.901. The summed E-state index contributed by atoms with van der Waals surface area (Å²) >= 11 is 0. The predicted octanol–water partition coefficient (Wildman–Crippen LogP) is 1.78. The van der Waals surface area contributed by atoms with Crippen molar-refractivity contribution in [2.45, 2.75) is 38.5 Å². The van der Waals surface area contributed by atoms with Gasteiger partial charge >= 0.3 is 0 Å². The Morgan fingerprint density at radius 2 is 1.94 bits per heavy atom. The summed E-state index contributed by atoms with van der Waals surface area (Å²) in [5, 5.41) is 7.02. The van der Waals surface area contributed by atoms with Gasteiger partial charge in [-0.15, -0.1) is 0 Å². The number of hydrogen-bond donors (Lipinski definition) is 2. The second kappa shape index (κ2) is 6.72. The van der Waals surface area contributed by atoms with Crippen LogP contribution in [-0.2, 0) is 4.74 Å². The summed E-state index contributed by atoms with van der Waals surface area (Å²) in [4.78, 5) is 0. The Balaban J connectivity index is 1.55. The Bertz CT molecular complexity index is 210. The molecule has 0 spiro atoms. The Kier molecular flexibility index (Phi) is 5.26. The van der Waals surface area contributed by atoms with Crippen molar-refractivity contribution >= 4 is 0 Å². The highest BCUT2D eigenvalue weighted by molar-refractivity contribution is 4.91. The number of hydrogen-bond acceptors (Lipinski definition) is 3. The Morgan fingerprint density at radius 1 is 1.18 bits per heavy atom. The molecular weight excluding hydrogens is 212 g/mol. The minimum atomic E-state index is 0.574. The van der Waals surface area contributed by atoms with Crippen LogP contribution in [-0.4, -0.2) is 39.9 Å². The number of nitrogens with one attached hydrogen (secondary N) is 2. The smallest absolute Gasteiger partial charge is 0.0468 e. The van der Waals surface area contributed by atoms with E-state index in [0.29, 0.717) is 5.41 Å². The van der Waals surface area contributed by atoms with E-state index in [9.17, 15) is 0 Å². The van der Waals surface area contributed by atoms with Crippen LogP contribution in [0, 0.1) is 11.3 Å². The standard InChI is InChI=1S/C14H28N2O/c1-15-11-14(6-2-7-14)12-16-8-3-13-4-9-17-10-5-13/h13,15-16H,2-12H2,1H3. The van der Waals surface area contributed by atoms with Gasteiger partial charge in [0.15, 0.2) is 0 Å². The third kappa shape index (κ3) is 3.94. The Labute approximate surface area is 106 Å². The van der Waals surface area contributed by atoms with E-state index in [4.69, 9.17) is 4.74 Å². The maximum absolute atomic E-state index is 5.39. The Morgan fingerprint density at radius 3 is 2.53 bits per heavy atom. The molecule has 2 fully saturated rings. The highest BCUT2D eigenvalue weighted by Crippen LogP contribution is 2.39. The molecule has 0 aromatic carbocycles. The molecule has 0 bridgehead atoms. The van der Waals surface area contributed by atoms with Gasteiger partial charge in [-0.3, -0.25) is 0 Å². The molecule has 1 saturated carbocycles. The van der Waals surface area contributed by atoms with E-state index in [1.54, 1.807) is 0 Å². The lowest BCUT2D eigenvalue weighted by atomic mass is 9.68. The predicted molar refractivity (Wildman–Crippen MR) is 71.2 cm³/mol. The van der Waals surface area contributed by atoms with E-state index in [1.807, 2.05) is 0 Å². The fourth-order valence-corrected chi connectivity index (χ4v) is 3.16. The summed E-state index contributed by atoms with van der Waals surface area (Å²) in [7, 11) is 2.07. The molecule has 0 aromatic heterocycles. The molecule has 1 aliphatic heterocycles. The zero-order chi connectivity index (χ0) is 12.0. The molecule has 2 aliphatic rings. The first-order valence-electron chi connectivity index (χ1n) is 7.28. The second-order valence-electron chi connectivity index (χ2n) is 5.91. The topological polar surface area (TPSA) is 33.3 Å². The molecule has 0 amide bonds. The molecule has 0 unspecified atom stereocenters. The van der Waals surface area contributed by atoms with Crippen LogP contribution < -0.4 is 10.6 Å². The third-order valence-electron chi connectivity index (χ3n) is 4.54. The summed E-state index contributed by atoms with van der Waals surface area (Å²) in [6.45, 7) is 5.53. The summed E-state index contributed by atoms with van der Waals surface area (Å²) in [6.07, 6.45) is 8.09. The molecule has 100 valence electrons. The molecule has 2 rings (SSSR count). The third-order valence-corrected chi connectivity index (χ3v) is 4.54. The first kappa shape index (κ1) is 13.3. The van der Waals surface area contributed by atoms with Crippen LogP contribution in [0.15, 0.2) is 0 Å². The van der Waals surface area contributed by atoms with Gasteiger partial charge in [0.05, 0.1) is 0 Å². The molecule has 3 nitrogen and oxygen atoms in total. The lowest BCUT2D eigenvalue weighted by Crippen LogP contribution is -2.46. The number of rotatable bonds is 7. The van der Waals surface area contributed by atoms with E-state index in [1.165, 1.54) is 58.2 Å². The zero-order valence-electron chi connectivity index (χ0n) is 11.3. The van der Waals surface area contributed by atoms with Gasteiger partial charge in [-0.25, -0.2) is 0 Å². The zero-order valence-corrected chi connectivity index (χ0v) is 11.3. The SMILES string of the molecule is CNCC1(CNCCC2CCOCC2)CCC1. The van der Waals surface area contributed by atoms with Gasteiger partial charge in [-0.2, -0.15) is 0 Å². The van der Waals surface area contributed by atoms with Crippen molar-refractivity contribution in [3.63, 3.8) is 0 Å². The summed E-state index contributed by atoms with van der Waals surface area (Å²) in [5.41, 5.74) is 0.574. The minimum absolute atomic E-state index is 0.574. The monoisotopic (exact) mass is 240 g/mol. The maximum Gasteiger partial charge on any atom is 0.0468 e. The maximum atomic E-state index is 5.39. The molecule has 0 atom stereocenters. The van der Waals surface area contributed by atoms with E-state index in [2.05, 4.69) is 17.7 Å². The largest absolute Gasteiger partial charge is 0.381 e. The highest BCUT2D eigenvalue weighted by atomic mass is 16.5. The van der Waals surface area contributed by atoms with Crippen molar-refractivity contribution in [1.29, 1.82) is 0 Å². The van der Waals surface area contributed by atoms with Gasteiger partial charge in [-0.1, -0.05) is 6.42 Å². The van der Waals surface area contributed by atoms with Gasteiger partial charge in [0.2, 0.25) is 0 Å². The molecule has 17 heavy (non-hydrogen) atoms. The van der Waals surface area contributed by atoms with E-state index in [0.717, 1.165) is 19.1 Å². The molecule has 0 aromatic rings. The van der Waals surface area contributed by atoms with Crippen molar-refractivity contribution in [2.75, 3.05) is 39.9 Å². The van der Waals surface area contributed by atoms with Crippen LogP contribution in [0.1, 0.15) is 38.5 Å². The lowest BCUT2D eigenvalue weighted by Gasteiger charge is -2.42. The van der Waals surface area contributed by atoms with Gasteiger partial charge in [0, 0.05) is 26.3 Å². The van der Waals surface area contributed by atoms with Crippen LogP contribution in [0.25, 0.3) is 0 Å². The molecule has 1 aliphatic carbocycles. The van der Waals surface area contributed by atoms with E-state index >= 15 is 0 Å². The van der Waals surface area contributed by atoms with Crippen molar-refractivity contribution < 1.29 is 4.74 Å². The fraction of sp³-hybridized carbons (Fsp3) is 1.00. The van der Waals surface area contributed by atoms with Crippen LogP contribution in [0.5, 0.6) is 0 Å². The molecule has 3 heteroatoms. The van der Waals surface area contributed by atoms with Gasteiger partial charge in [0.25, 0.3) is 0 Å². The molecule has 2 N–H and O–H groups in total. The highest BCUT2D eigenvalue weighted by Gasteiger charge is 2.35. The average Bonchev–Trinajstić information content (AvgIpc) is 2.32. The van der Waals surface area contributed by atoms with Gasteiger partial charge < -0.3 is 15.4 Å². The minimum Gasteiger partial charge on any atom is -0.381 e. The van der Waals surface area contributed by atoms with Gasteiger partial charge in [0.1, 0.15) is 0 Å². The van der Waals surface area contributed by atoms with Gasteiger partial charge in [-0.05, 0) is 57.0 Å². The summed E-state index contributed by atoms with van der Waals surface area (Å²) in [6, 6.07) is 0. The molecule has 1 heterocycles. The number of ether oxygens (including phenoxy) is 1. The molecule has 1 saturated heterocycles. The first-order chi connectivity index (χ1) is 8.35.